The maximum Gasteiger partial charge on any atom is 0.267 e. The van der Waals surface area contributed by atoms with E-state index in [1.807, 2.05) is 0 Å². The number of carbonyl (C=O) groups is 2. The summed E-state index contributed by atoms with van der Waals surface area (Å²) >= 11 is 5.81. The van der Waals surface area contributed by atoms with Crippen LogP contribution in [0.1, 0.15) is 26.4 Å². The van der Waals surface area contributed by atoms with Crippen LogP contribution in [0.3, 0.4) is 0 Å². The zero-order valence-electron chi connectivity index (χ0n) is 15.7. The van der Waals surface area contributed by atoms with Crippen LogP contribution in [0.5, 0.6) is 0 Å². The number of benzene rings is 2. The fourth-order valence-corrected chi connectivity index (χ4v) is 3.79. The molecule has 0 atom stereocenters. The first kappa shape index (κ1) is 19.3. The van der Waals surface area contributed by atoms with Gasteiger partial charge in [0.15, 0.2) is 17.3 Å². The van der Waals surface area contributed by atoms with Gasteiger partial charge in [-0.25, -0.2) is 27.7 Å². The summed E-state index contributed by atoms with van der Waals surface area (Å²) in [5.41, 5.74) is 0.985. The number of halogens is 4. The summed E-state index contributed by atoms with van der Waals surface area (Å²) in [4.78, 5) is 31.3. The Balaban J connectivity index is 1.70. The molecule has 0 N–H and O–H groups in total. The van der Waals surface area contributed by atoms with Crippen molar-refractivity contribution < 1.29 is 22.8 Å². The van der Waals surface area contributed by atoms with E-state index < -0.39 is 29.3 Å². The van der Waals surface area contributed by atoms with Crippen LogP contribution in [0.25, 0.3) is 16.7 Å². The topological polar surface area (TPSA) is 68.1 Å². The Morgan fingerprint density at radius 3 is 2.32 bits per heavy atom. The fourth-order valence-electron chi connectivity index (χ4n) is 3.62. The lowest BCUT2D eigenvalue weighted by molar-refractivity contribution is 0.0926. The van der Waals surface area contributed by atoms with Gasteiger partial charge in [0.1, 0.15) is 5.82 Å². The van der Waals surface area contributed by atoms with Gasteiger partial charge < -0.3 is 0 Å². The van der Waals surface area contributed by atoms with E-state index in [2.05, 4.69) is 10.1 Å². The molecule has 31 heavy (non-hydrogen) atoms. The lowest BCUT2D eigenvalue weighted by atomic mass is 10.1. The Morgan fingerprint density at radius 2 is 1.61 bits per heavy atom. The first-order valence-corrected chi connectivity index (χ1v) is 9.33. The van der Waals surface area contributed by atoms with E-state index in [1.165, 1.54) is 29.1 Å². The molecule has 0 bridgehead atoms. The predicted molar refractivity (Wildman–Crippen MR) is 106 cm³/mol. The first-order chi connectivity index (χ1) is 14.8. The summed E-state index contributed by atoms with van der Waals surface area (Å²) in [6, 6.07) is 6.73. The van der Waals surface area contributed by atoms with Crippen LogP contribution in [-0.4, -0.2) is 26.6 Å². The third-order valence-electron chi connectivity index (χ3n) is 5.03. The number of aromatic nitrogens is 3. The van der Waals surface area contributed by atoms with Crippen LogP contribution < -0.4 is 4.90 Å². The van der Waals surface area contributed by atoms with Crippen LogP contribution in [-0.2, 0) is 0 Å². The maximum atomic E-state index is 13.7. The van der Waals surface area contributed by atoms with Crippen LogP contribution in [0.2, 0.25) is 5.02 Å². The summed E-state index contributed by atoms with van der Waals surface area (Å²) in [6.45, 7) is 1.61. The summed E-state index contributed by atoms with van der Waals surface area (Å²) in [5.74, 6) is -4.06. The van der Waals surface area contributed by atoms with Gasteiger partial charge in [-0.1, -0.05) is 11.6 Å². The average Bonchev–Trinajstić information content (AvgIpc) is 3.20. The molecule has 2 amide bonds. The van der Waals surface area contributed by atoms with E-state index in [1.54, 1.807) is 6.92 Å². The highest BCUT2D eigenvalue weighted by Crippen LogP contribution is 2.35. The maximum absolute atomic E-state index is 13.7. The van der Waals surface area contributed by atoms with Gasteiger partial charge in [0.25, 0.3) is 11.8 Å². The average molecular weight is 443 g/mol. The van der Waals surface area contributed by atoms with E-state index in [-0.39, 0.29) is 33.2 Å². The number of rotatable bonds is 2. The molecule has 0 spiro atoms. The fraction of sp³-hybridized carbons (Fsp3) is 0.0476. The lowest BCUT2D eigenvalue weighted by Crippen LogP contribution is -2.29. The molecule has 3 heterocycles. The van der Waals surface area contributed by atoms with Gasteiger partial charge in [-0.2, -0.15) is 5.10 Å². The van der Waals surface area contributed by atoms with Gasteiger partial charge in [0, 0.05) is 12.3 Å². The molecule has 1 aliphatic rings. The highest BCUT2D eigenvalue weighted by Gasteiger charge is 2.40. The van der Waals surface area contributed by atoms with Gasteiger partial charge >= 0.3 is 0 Å². The van der Waals surface area contributed by atoms with Crippen molar-refractivity contribution >= 4 is 40.1 Å². The third-order valence-corrected chi connectivity index (χ3v) is 5.32. The van der Waals surface area contributed by atoms with Crippen LogP contribution in [0, 0.1) is 24.4 Å². The van der Waals surface area contributed by atoms with E-state index in [0.717, 1.165) is 23.1 Å². The molecule has 6 nitrogen and oxygen atoms in total. The Bertz CT molecular complexity index is 1450. The number of pyridine rings is 1. The first-order valence-electron chi connectivity index (χ1n) is 8.95. The molecule has 5 rings (SSSR count). The minimum absolute atomic E-state index is 0.0471. The van der Waals surface area contributed by atoms with Crippen LogP contribution in [0.15, 0.2) is 42.6 Å². The van der Waals surface area contributed by atoms with E-state index >= 15 is 0 Å². The molecule has 154 valence electrons. The Labute approximate surface area is 177 Å². The van der Waals surface area contributed by atoms with Gasteiger partial charge in [-0.05, 0) is 37.3 Å². The molecular weight excluding hydrogens is 433 g/mol. The van der Waals surface area contributed by atoms with Gasteiger partial charge in [0.2, 0.25) is 0 Å². The van der Waals surface area contributed by atoms with Crippen molar-refractivity contribution in [2.24, 2.45) is 0 Å². The number of anilines is 1. The van der Waals surface area contributed by atoms with Crippen molar-refractivity contribution in [3.63, 3.8) is 0 Å². The van der Waals surface area contributed by atoms with E-state index in [4.69, 9.17) is 11.6 Å². The lowest BCUT2D eigenvalue weighted by Gasteiger charge is -2.14. The number of imide groups is 1. The summed E-state index contributed by atoms with van der Waals surface area (Å²) in [6.07, 6.45) is 1.22. The van der Waals surface area contributed by atoms with Gasteiger partial charge in [0.05, 0.1) is 38.6 Å². The molecule has 2 aromatic carbocycles. The van der Waals surface area contributed by atoms with Crippen molar-refractivity contribution in [1.29, 1.82) is 0 Å². The normalized spacial score (nSPS) is 13.4. The zero-order valence-corrected chi connectivity index (χ0v) is 16.4. The van der Waals surface area contributed by atoms with Crippen molar-refractivity contribution in [3.8, 4) is 5.69 Å². The summed E-state index contributed by atoms with van der Waals surface area (Å²) in [7, 11) is 0. The third kappa shape index (κ3) is 2.73. The second-order valence-electron chi connectivity index (χ2n) is 6.89. The number of carbonyl (C=O) groups excluding carboxylic acids is 2. The number of hydrogen-bond acceptors (Lipinski definition) is 4. The minimum Gasteiger partial charge on any atom is -0.268 e. The van der Waals surface area contributed by atoms with Gasteiger partial charge in [-0.15, -0.1) is 0 Å². The summed E-state index contributed by atoms with van der Waals surface area (Å²) < 4.78 is 41.8. The molecule has 0 saturated carbocycles. The molecule has 10 heteroatoms. The molecule has 0 aliphatic carbocycles. The van der Waals surface area contributed by atoms with Crippen LogP contribution >= 0.6 is 11.6 Å². The number of fused-ring (bicyclic) bond motifs is 3. The number of aryl methyl sites for hydroxylation is 1. The zero-order chi connectivity index (χ0) is 22.0. The van der Waals surface area contributed by atoms with Crippen molar-refractivity contribution in [1.82, 2.24) is 14.8 Å². The Hall–Kier alpha value is -3.72. The summed E-state index contributed by atoms with van der Waals surface area (Å²) in [5, 5.41) is 4.37. The van der Waals surface area contributed by atoms with E-state index in [0.29, 0.717) is 11.1 Å². The number of nitrogens with zero attached hydrogens (tertiary/aromatic N) is 4. The van der Waals surface area contributed by atoms with Crippen molar-refractivity contribution in [2.45, 2.75) is 6.92 Å². The number of hydrogen-bond donors (Lipinski definition) is 0. The van der Waals surface area contributed by atoms with Crippen molar-refractivity contribution in [2.75, 3.05) is 4.90 Å². The molecule has 0 unspecified atom stereocenters. The Morgan fingerprint density at radius 1 is 0.903 bits per heavy atom. The number of amides is 2. The minimum atomic E-state index is -1.06. The molecule has 2 aromatic heterocycles. The molecule has 0 saturated heterocycles. The monoisotopic (exact) mass is 442 g/mol. The largest absolute Gasteiger partial charge is 0.268 e. The van der Waals surface area contributed by atoms with Crippen LogP contribution in [0.4, 0.5) is 18.9 Å². The highest BCUT2D eigenvalue weighted by molar-refractivity contribution is 6.38. The molecule has 0 fully saturated rings. The quantitative estimate of drug-likeness (QED) is 0.425. The Kier molecular flexibility index (Phi) is 4.13. The van der Waals surface area contributed by atoms with E-state index in [9.17, 15) is 22.8 Å². The second-order valence-corrected chi connectivity index (χ2v) is 7.29. The standard InChI is InChI=1S/C21H10ClF3N4O2/c1-9-17-18-12(20(30)28(21(18)31)10-2-4-14(23)13(22)6-10)8-26-19(17)29(27-9)11-3-5-15(24)16(25)7-11/h2-8H,1H3. The molecule has 0 radical (unpaired) electrons. The predicted octanol–water partition coefficient (Wildman–Crippen LogP) is 4.60. The van der Waals surface area contributed by atoms with Crippen molar-refractivity contribution in [3.05, 3.63) is 81.9 Å². The molecular formula is C21H10ClF3N4O2. The second kappa shape index (κ2) is 6.64. The smallest absolute Gasteiger partial charge is 0.267 e. The molecule has 4 aromatic rings. The van der Waals surface area contributed by atoms with Gasteiger partial charge in [-0.3, -0.25) is 9.59 Å². The molecule has 1 aliphatic heterocycles. The highest BCUT2D eigenvalue weighted by atomic mass is 35.5. The SMILES string of the molecule is Cc1nn(-c2ccc(F)c(F)c2)c2ncc3c(c12)C(=O)N(c1ccc(F)c(Cl)c1)C3=O.